The van der Waals surface area contributed by atoms with Crippen LogP contribution in [0, 0.1) is 13.7 Å². The van der Waals surface area contributed by atoms with Crippen molar-refractivity contribution in [1.82, 2.24) is 0 Å². The first-order valence-corrected chi connectivity index (χ1v) is 7.54. The normalized spacial score (nSPS) is 15.6. The van der Waals surface area contributed by atoms with Crippen LogP contribution in [0.15, 0.2) is 18.2 Å². The predicted molar refractivity (Wildman–Crippen MR) is 82.5 cm³/mol. The lowest BCUT2D eigenvalue weighted by atomic mass is 10.3. The third-order valence-corrected chi connectivity index (χ3v) is 4.13. The van der Waals surface area contributed by atoms with Crippen LogP contribution in [-0.2, 0) is 4.74 Å². The molecule has 6 heteroatoms. The van der Waals surface area contributed by atoms with E-state index in [0.29, 0.717) is 12.7 Å². The average molecular weight is 376 g/mol. The molecule has 0 amide bonds. The van der Waals surface area contributed by atoms with Crippen LogP contribution in [0.25, 0.3) is 0 Å². The van der Waals surface area contributed by atoms with Gasteiger partial charge in [-0.1, -0.05) is 12.8 Å². The number of anilines is 1. The Morgan fingerprint density at radius 3 is 2.79 bits per heavy atom. The number of halogens is 1. The topological polar surface area (TPSA) is 64.4 Å². The number of nitrogens with zero attached hydrogens (tertiary/aromatic N) is 1. The molecule has 2 rings (SSSR count). The second kappa shape index (κ2) is 7.04. The quantitative estimate of drug-likeness (QED) is 0.357. The van der Waals surface area contributed by atoms with Crippen LogP contribution in [0.5, 0.6) is 0 Å². The van der Waals surface area contributed by atoms with Crippen LogP contribution in [0.3, 0.4) is 0 Å². The van der Waals surface area contributed by atoms with Gasteiger partial charge in [-0.15, -0.1) is 0 Å². The van der Waals surface area contributed by atoms with Crippen molar-refractivity contribution in [2.45, 2.75) is 31.8 Å². The van der Waals surface area contributed by atoms with Gasteiger partial charge in [-0.3, -0.25) is 10.1 Å². The van der Waals surface area contributed by atoms with Crippen molar-refractivity contribution in [3.63, 3.8) is 0 Å². The predicted octanol–water partition coefficient (Wildman–Crippen LogP) is 3.57. The number of benzene rings is 1. The molecule has 0 atom stereocenters. The van der Waals surface area contributed by atoms with Gasteiger partial charge < -0.3 is 10.1 Å². The van der Waals surface area contributed by atoms with Gasteiger partial charge in [0.2, 0.25) is 0 Å². The third-order valence-electron chi connectivity index (χ3n) is 3.24. The van der Waals surface area contributed by atoms with E-state index in [1.165, 1.54) is 31.7 Å². The van der Waals surface area contributed by atoms with Crippen molar-refractivity contribution in [2.75, 3.05) is 18.5 Å². The summed E-state index contributed by atoms with van der Waals surface area (Å²) in [5.74, 6) is 0. The molecule has 1 aliphatic carbocycles. The Labute approximate surface area is 126 Å². The fourth-order valence-corrected chi connectivity index (χ4v) is 2.92. The highest BCUT2D eigenvalue weighted by Gasteiger charge is 2.14. The summed E-state index contributed by atoms with van der Waals surface area (Å²) in [6, 6.07) is 4.83. The molecule has 104 valence electrons. The Morgan fingerprint density at radius 1 is 1.42 bits per heavy atom. The Balaban J connectivity index is 1.77. The van der Waals surface area contributed by atoms with E-state index in [9.17, 15) is 10.1 Å². The Kier molecular flexibility index (Phi) is 5.38. The highest BCUT2D eigenvalue weighted by atomic mass is 127. The second-order valence-electron chi connectivity index (χ2n) is 4.63. The molecule has 1 aliphatic rings. The summed E-state index contributed by atoms with van der Waals surface area (Å²) in [5, 5.41) is 13.9. The van der Waals surface area contributed by atoms with E-state index in [1.807, 2.05) is 0 Å². The fourth-order valence-electron chi connectivity index (χ4n) is 2.23. The van der Waals surface area contributed by atoms with E-state index in [-0.39, 0.29) is 10.6 Å². The summed E-state index contributed by atoms with van der Waals surface area (Å²) >= 11 is 2.10. The van der Waals surface area contributed by atoms with Crippen molar-refractivity contribution in [3.05, 3.63) is 31.9 Å². The van der Waals surface area contributed by atoms with Crippen molar-refractivity contribution >= 4 is 34.0 Å². The number of non-ortho nitro benzene ring substituents is 1. The summed E-state index contributed by atoms with van der Waals surface area (Å²) in [4.78, 5) is 10.3. The third kappa shape index (κ3) is 4.31. The van der Waals surface area contributed by atoms with Crippen LogP contribution >= 0.6 is 22.6 Å². The van der Waals surface area contributed by atoms with Crippen LogP contribution < -0.4 is 5.32 Å². The molecule has 0 unspecified atom stereocenters. The van der Waals surface area contributed by atoms with Gasteiger partial charge in [-0.25, -0.2) is 0 Å². The van der Waals surface area contributed by atoms with Crippen LogP contribution in [0.1, 0.15) is 25.7 Å². The van der Waals surface area contributed by atoms with Gasteiger partial charge in [0.25, 0.3) is 5.69 Å². The molecule has 0 aromatic heterocycles. The second-order valence-corrected chi connectivity index (χ2v) is 5.79. The molecule has 1 aromatic rings. The van der Waals surface area contributed by atoms with Crippen molar-refractivity contribution in [3.8, 4) is 0 Å². The average Bonchev–Trinajstić information content (AvgIpc) is 2.89. The number of nitro benzene ring substituents is 1. The zero-order valence-electron chi connectivity index (χ0n) is 10.6. The van der Waals surface area contributed by atoms with Gasteiger partial charge >= 0.3 is 0 Å². The summed E-state index contributed by atoms with van der Waals surface area (Å²) in [6.07, 6.45) is 5.33. The van der Waals surface area contributed by atoms with Gasteiger partial charge in [0, 0.05) is 27.9 Å². The fraction of sp³-hybridized carbons (Fsp3) is 0.538. The van der Waals surface area contributed by atoms with E-state index in [0.717, 1.165) is 15.8 Å². The van der Waals surface area contributed by atoms with Crippen LogP contribution in [0.2, 0.25) is 0 Å². The highest BCUT2D eigenvalue weighted by molar-refractivity contribution is 14.1. The van der Waals surface area contributed by atoms with Crippen molar-refractivity contribution in [2.24, 2.45) is 0 Å². The summed E-state index contributed by atoms with van der Waals surface area (Å²) in [6.45, 7) is 1.40. The first-order valence-electron chi connectivity index (χ1n) is 6.46. The number of nitrogens with one attached hydrogen (secondary N) is 1. The van der Waals surface area contributed by atoms with Gasteiger partial charge in [-0.05, 0) is 41.5 Å². The minimum absolute atomic E-state index is 0.122. The number of hydrogen-bond donors (Lipinski definition) is 1. The molecule has 0 heterocycles. The number of ether oxygens (including phenoxy) is 1. The molecular formula is C13H17IN2O3. The highest BCUT2D eigenvalue weighted by Crippen LogP contribution is 2.24. The summed E-state index contributed by atoms with van der Waals surface area (Å²) in [5.41, 5.74) is 1.04. The zero-order chi connectivity index (χ0) is 13.7. The lowest BCUT2D eigenvalue weighted by molar-refractivity contribution is -0.384. The largest absolute Gasteiger partial charge is 0.382 e. The molecule has 0 aliphatic heterocycles. The molecule has 1 aromatic carbocycles. The van der Waals surface area contributed by atoms with Crippen LogP contribution in [0.4, 0.5) is 11.4 Å². The molecule has 1 saturated carbocycles. The lowest BCUT2D eigenvalue weighted by Crippen LogP contribution is -2.15. The van der Waals surface area contributed by atoms with E-state index in [4.69, 9.17) is 4.74 Å². The first kappa shape index (κ1) is 14.5. The van der Waals surface area contributed by atoms with Gasteiger partial charge in [0.15, 0.2) is 0 Å². The summed E-state index contributed by atoms with van der Waals surface area (Å²) in [7, 11) is 0. The summed E-state index contributed by atoms with van der Waals surface area (Å²) < 4.78 is 6.61. The van der Waals surface area contributed by atoms with Gasteiger partial charge in [0.1, 0.15) is 0 Å². The number of hydrogen-bond acceptors (Lipinski definition) is 4. The molecule has 0 spiro atoms. The van der Waals surface area contributed by atoms with Gasteiger partial charge in [-0.2, -0.15) is 0 Å². The Bertz CT molecular complexity index is 448. The molecule has 0 saturated heterocycles. The molecule has 0 bridgehead atoms. The number of nitro groups is 1. The molecule has 5 nitrogen and oxygen atoms in total. The maximum Gasteiger partial charge on any atom is 0.270 e. The minimum Gasteiger partial charge on any atom is -0.382 e. The molecule has 1 fully saturated rings. The Hall–Kier alpha value is -0.890. The van der Waals surface area contributed by atoms with E-state index >= 15 is 0 Å². The zero-order valence-corrected chi connectivity index (χ0v) is 12.8. The molecule has 1 N–H and O–H groups in total. The lowest BCUT2D eigenvalue weighted by Gasteiger charge is -2.12. The van der Waals surface area contributed by atoms with E-state index in [2.05, 4.69) is 27.9 Å². The molecule has 0 radical (unpaired) electrons. The maximum absolute atomic E-state index is 10.6. The monoisotopic (exact) mass is 376 g/mol. The van der Waals surface area contributed by atoms with Crippen molar-refractivity contribution < 1.29 is 9.66 Å². The minimum atomic E-state index is -0.380. The maximum atomic E-state index is 10.6. The van der Waals surface area contributed by atoms with Crippen molar-refractivity contribution in [1.29, 1.82) is 0 Å². The van der Waals surface area contributed by atoms with Crippen LogP contribution in [-0.4, -0.2) is 24.2 Å². The standard InChI is InChI=1S/C13H17IN2O3/c14-12-9-10(16(17)18)5-6-13(12)15-7-8-19-11-3-1-2-4-11/h5-6,9,11,15H,1-4,7-8H2. The van der Waals surface area contributed by atoms with E-state index in [1.54, 1.807) is 12.1 Å². The molecule has 19 heavy (non-hydrogen) atoms. The smallest absolute Gasteiger partial charge is 0.270 e. The Morgan fingerprint density at radius 2 is 2.16 bits per heavy atom. The van der Waals surface area contributed by atoms with Gasteiger partial charge in [0.05, 0.1) is 17.6 Å². The SMILES string of the molecule is O=[N+]([O-])c1ccc(NCCOC2CCCC2)c(I)c1. The first-order chi connectivity index (χ1) is 9.16. The van der Waals surface area contributed by atoms with E-state index < -0.39 is 0 Å². The number of rotatable bonds is 6. The molecular weight excluding hydrogens is 359 g/mol.